The second kappa shape index (κ2) is 6.34. The molecule has 0 radical (unpaired) electrons. The van der Waals surface area contributed by atoms with E-state index in [1.807, 2.05) is 24.3 Å². The summed E-state index contributed by atoms with van der Waals surface area (Å²) in [5.41, 5.74) is 1.97. The Balaban J connectivity index is 1.61. The van der Waals surface area contributed by atoms with Crippen molar-refractivity contribution in [3.63, 3.8) is 0 Å². The molecule has 120 valence electrons. The minimum absolute atomic E-state index is 0.209. The molecule has 4 aromatic rings. The van der Waals surface area contributed by atoms with Crippen molar-refractivity contribution in [1.29, 1.82) is 0 Å². The third kappa shape index (κ3) is 2.92. The van der Waals surface area contributed by atoms with Gasteiger partial charge in [-0.3, -0.25) is 0 Å². The van der Waals surface area contributed by atoms with Crippen LogP contribution in [0.2, 0.25) is 0 Å². The number of thiazole rings is 1. The second-order valence-corrected chi connectivity index (χ2v) is 7.65. The predicted molar refractivity (Wildman–Crippen MR) is 98.7 cm³/mol. The lowest BCUT2D eigenvalue weighted by molar-refractivity contribution is 0.419. The van der Waals surface area contributed by atoms with Crippen LogP contribution in [0.15, 0.2) is 54.6 Å². The predicted octanol–water partition coefficient (Wildman–Crippen LogP) is 5.76. The molecule has 5 heteroatoms. The molecular weight excluding hydrogens is 341 g/mol. The first-order valence-electron chi connectivity index (χ1n) is 7.50. The fourth-order valence-corrected chi connectivity index (χ4v) is 4.72. The summed E-state index contributed by atoms with van der Waals surface area (Å²) in [4.78, 5) is 7.11. The van der Waals surface area contributed by atoms with Crippen LogP contribution in [-0.4, -0.2) is 12.1 Å². The Morgan fingerprint density at radius 1 is 1.00 bits per heavy atom. The summed E-state index contributed by atoms with van der Waals surface area (Å²) in [6.45, 7) is 0. The maximum atomic E-state index is 13.0. The van der Waals surface area contributed by atoms with Gasteiger partial charge in [0, 0.05) is 16.2 Å². The van der Waals surface area contributed by atoms with Crippen LogP contribution in [0.5, 0.6) is 5.75 Å². The van der Waals surface area contributed by atoms with Gasteiger partial charge in [0.2, 0.25) is 0 Å². The Bertz CT molecular complexity index is 988. The van der Waals surface area contributed by atoms with Crippen LogP contribution in [0.25, 0.3) is 20.7 Å². The average molecular weight is 355 g/mol. The van der Waals surface area contributed by atoms with Crippen molar-refractivity contribution in [1.82, 2.24) is 4.98 Å². The van der Waals surface area contributed by atoms with E-state index in [0.29, 0.717) is 0 Å². The lowest BCUT2D eigenvalue weighted by Gasteiger charge is -1.98. The average Bonchev–Trinajstić information content (AvgIpc) is 3.22. The van der Waals surface area contributed by atoms with Crippen LogP contribution >= 0.6 is 22.7 Å². The summed E-state index contributed by atoms with van der Waals surface area (Å²) in [6, 6.07) is 16.8. The number of fused-ring (bicyclic) bond motifs is 1. The van der Waals surface area contributed by atoms with E-state index in [4.69, 9.17) is 9.72 Å². The highest BCUT2D eigenvalue weighted by molar-refractivity contribution is 7.19. The maximum absolute atomic E-state index is 13.0. The van der Waals surface area contributed by atoms with Crippen LogP contribution in [-0.2, 0) is 6.42 Å². The van der Waals surface area contributed by atoms with Crippen molar-refractivity contribution in [3.8, 4) is 16.2 Å². The third-order valence-corrected chi connectivity index (χ3v) is 5.92. The molecule has 24 heavy (non-hydrogen) atoms. The molecule has 0 atom stereocenters. The van der Waals surface area contributed by atoms with Crippen molar-refractivity contribution in [2.75, 3.05) is 7.11 Å². The minimum atomic E-state index is -0.209. The van der Waals surface area contributed by atoms with Crippen LogP contribution < -0.4 is 4.74 Å². The molecule has 0 aliphatic carbocycles. The number of halogens is 1. The lowest BCUT2D eigenvalue weighted by atomic mass is 10.2. The molecular formula is C19H14FNOS2. The van der Waals surface area contributed by atoms with Gasteiger partial charge in [-0.1, -0.05) is 18.2 Å². The van der Waals surface area contributed by atoms with E-state index >= 15 is 0 Å². The second-order valence-electron chi connectivity index (χ2n) is 5.36. The van der Waals surface area contributed by atoms with Gasteiger partial charge in [-0.2, -0.15) is 0 Å². The molecule has 2 nitrogen and oxygen atoms in total. The van der Waals surface area contributed by atoms with Crippen molar-refractivity contribution in [3.05, 3.63) is 70.3 Å². The molecule has 0 saturated carbocycles. The smallest absolute Gasteiger partial charge is 0.145 e. The van der Waals surface area contributed by atoms with Gasteiger partial charge in [-0.05, 0) is 42.0 Å². The zero-order valence-corrected chi connectivity index (χ0v) is 14.6. The topological polar surface area (TPSA) is 22.1 Å². The molecule has 0 N–H and O–H groups in total. The lowest BCUT2D eigenvalue weighted by Crippen LogP contribution is -1.85. The van der Waals surface area contributed by atoms with Crippen LogP contribution in [0, 0.1) is 5.82 Å². The van der Waals surface area contributed by atoms with Gasteiger partial charge in [0.1, 0.15) is 17.1 Å². The quantitative estimate of drug-likeness (QED) is 0.464. The zero-order valence-electron chi connectivity index (χ0n) is 13.0. The number of para-hydroxylation sites is 1. The van der Waals surface area contributed by atoms with E-state index in [2.05, 4.69) is 18.2 Å². The van der Waals surface area contributed by atoms with Gasteiger partial charge < -0.3 is 4.74 Å². The first kappa shape index (κ1) is 15.3. The SMILES string of the molecule is COc1cccc2sc(Cc3ccc(-c4ccc(F)cc4)s3)nc12. The summed E-state index contributed by atoms with van der Waals surface area (Å²) >= 11 is 3.41. The Hall–Kier alpha value is -2.24. The molecule has 2 aromatic heterocycles. The normalized spacial score (nSPS) is 11.1. The van der Waals surface area contributed by atoms with E-state index in [0.717, 1.165) is 37.8 Å². The van der Waals surface area contributed by atoms with E-state index < -0.39 is 0 Å². The Kier molecular flexibility index (Phi) is 4.04. The van der Waals surface area contributed by atoms with Crippen molar-refractivity contribution in [2.24, 2.45) is 0 Å². The standard InChI is InChI=1S/C19H14FNOS2/c1-22-15-3-2-4-17-19(15)21-18(24-17)11-14-9-10-16(23-14)12-5-7-13(20)8-6-12/h2-10H,11H2,1H3. The summed E-state index contributed by atoms with van der Waals surface area (Å²) in [5, 5.41) is 1.07. The first-order chi connectivity index (χ1) is 11.7. The van der Waals surface area contributed by atoms with Crippen LogP contribution in [0.3, 0.4) is 0 Å². The van der Waals surface area contributed by atoms with Crippen molar-refractivity contribution in [2.45, 2.75) is 6.42 Å². The first-order valence-corrected chi connectivity index (χ1v) is 9.13. The zero-order chi connectivity index (χ0) is 16.5. The van der Waals surface area contributed by atoms with Gasteiger partial charge in [-0.25, -0.2) is 9.37 Å². The minimum Gasteiger partial charge on any atom is -0.494 e. The van der Waals surface area contributed by atoms with Gasteiger partial charge >= 0.3 is 0 Å². The molecule has 2 aromatic carbocycles. The highest BCUT2D eigenvalue weighted by Gasteiger charge is 2.10. The van der Waals surface area contributed by atoms with E-state index in [1.54, 1.807) is 29.8 Å². The molecule has 0 aliphatic heterocycles. The monoisotopic (exact) mass is 355 g/mol. The number of benzene rings is 2. The number of thiophene rings is 1. The molecule has 0 amide bonds. The van der Waals surface area contributed by atoms with Crippen molar-refractivity contribution >= 4 is 32.9 Å². The summed E-state index contributed by atoms with van der Waals surface area (Å²) < 4.78 is 19.6. The fraction of sp³-hybridized carbons (Fsp3) is 0.105. The number of methoxy groups -OCH3 is 1. The third-order valence-electron chi connectivity index (χ3n) is 3.76. The largest absolute Gasteiger partial charge is 0.494 e. The number of ether oxygens (including phenoxy) is 1. The molecule has 0 saturated heterocycles. The number of hydrogen-bond acceptors (Lipinski definition) is 4. The van der Waals surface area contributed by atoms with Gasteiger partial charge in [0.05, 0.1) is 16.8 Å². The summed E-state index contributed by atoms with van der Waals surface area (Å²) in [6.07, 6.45) is 0.800. The summed E-state index contributed by atoms with van der Waals surface area (Å²) in [7, 11) is 1.67. The van der Waals surface area contributed by atoms with E-state index in [-0.39, 0.29) is 5.82 Å². The van der Waals surface area contributed by atoms with E-state index in [1.165, 1.54) is 17.0 Å². The van der Waals surface area contributed by atoms with Crippen LogP contribution in [0.4, 0.5) is 4.39 Å². The molecule has 0 fully saturated rings. The van der Waals surface area contributed by atoms with Crippen LogP contribution in [0.1, 0.15) is 9.88 Å². The number of rotatable bonds is 4. The van der Waals surface area contributed by atoms with E-state index in [9.17, 15) is 4.39 Å². The number of aromatic nitrogens is 1. The molecule has 0 bridgehead atoms. The van der Waals surface area contributed by atoms with Gasteiger partial charge in [0.25, 0.3) is 0 Å². The fourth-order valence-electron chi connectivity index (χ4n) is 2.60. The number of nitrogens with zero attached hydrogens (tertiary/aromatic N) is 1. The molecule has 0 aliphatic rings. The highest BCUT2D eigenvalue weighted by Crippen LogP contribution is 2.33. The van der Waals surface area contributed by atoms with Crippen molar-refractivity contribution < 1.29 is 9.13 Å². The Morgan fingerprint density at radius 3 is 2.62 bits per heavy atom. The van der Waals surface area contributed by atoms with Gasteiger partial charge in [-0.15, -0.1) is 22.7 Å². The molecule has 0 unspecified atom stereocenters. The number of hydrogen-bond donors (Lipinski definition) is 0. The summed E-state index contributed by atoms with van der Waals surface area (Å²) in [5.74, 6) is 0.604. The van der Waals surface area contributed by atoms with Gasteiger partial charge in [0.15, 0.2) is 0 Å². The molecule has 2 heterocycles. The Morgan fingerprint density at radius 2 is 1.83 bits per heavy atom. The molecule has 4 rings (SSSR count). The highest BCUT2D eigenvalue weighted by atomic mass is 32.1. The maximum Gasteiger partial charge on any atom is 0.145 e. The Labute approximate surface area is 147 Å². The molecule has 0 spiro atoms.